The zero-order valence-electron chi connectivity index (χ0n) is 15.3. The van der Waals surface area contributed by atoms with E-state index in [1.807, 2.05) is 35.7 Å². The predicted octanol–water partition coefficient (Wildman–Crippen LogP) is 5.85. The number of carbonyl (C=O) groups excluding carboxylic acids is 1. The van der Waals surface area contributed by atoms with Gasteiger partial charge in [0.1, 0.15) is 4.88 Å². The summed E-state index contributed by atoms with van der Waals surface area (Å²) in [7, 11) is 0. The molecule has 3 aromatic heterocycles. The molecule has 29 heavy (non-hydrogen) atoms. The molecule has 0 bridgehead atoms. The first-order valence-corrected chi connectivity index (χ1v) is 11.4. The molecule has 1 aliphatic rings. The van der Waals surface area contributed by atoms with E-state index in [0.717, 1.165) is 41.2 Å². The fourth-order valence-electron chi connectivity index (χ4n) is 3.56. The van der Waals surface area contributed by atoms with Gasteiger partial charge >= 0.3 is 5.97 Å². The van der Waals surface area contributed by atoms with Crippen LogP contribution in [0.25, 0.3) is 16.2 Å². The first kappa shape index (κ1) is 18.5. The molecule has 0 atom stereocenters. The Labute approximate surface area is 180 Å². The number of thiophene rings is 1. The van der Waals surface area contributed by atoms with E-state index in [4.69, 9.17) is 21.4 Å². The number of halogens is 1. The van der Waals surface area contributed by atoms with Crippen molar-refractivity contribution in [1.82, 2.24) is 9.38 Å². The van der Waals surface area contributed by atoms with Gasteiger partial charge in [0.2, 0.25) is 0 Å². The van der Waals surface area contributed by atoms with Crippen LogP contribution in [0.15, 0.2) is 46.9 Å². The van der Waals surface area contributed by atoms with E-state index in [1.165, 1.54) is 28.3 Å². The fraction of sp³-hybridized carbons (Fsp3) is 0.190. The molecule has 5 rings (SSSR count). The number of hydrogen-bond acceptors (Lipinski definition) is 6. The minimum Gasteiger partial charge on any atom is -0.312 e. The lowest BCUT2D eigenvalue weighted by Gasteiger charge is -2.11. The standard InChI is InChI=1S/C21H16ClN3O2S2/c22-14-9-7-13(8-10-14)19-16(12-23-27-20(26)18-6-3-11-28-18)25-15-4-1-2-5-17(15)29-21(25)24-19/h3,6-12H,1-2,4-5H2/b23-12+. The van der Waals surface area contributed by atoms with Crippen LogP contribution < -0.4 is 0 Å². The predicted molar refractivity (Wildman–Crippen MR) is 117 cm³/mol. The SMILES string of the molecule is O=C(O/N=C/c1c(-c2ccc(Cl)cc2)nc2sc3c(n12)CCCC3)c1cccs1. The second-order valence-electron chi connectivity index (χ2n) is 6.74. The smallest absolute Gasteiger partial charge is 0.312 e. The monoisotopic (exact) mass is 441 g/mol. The fourth-order valence-corrected chi connectivity index (χ4v) is 5.50. The Morgan fingerprint density at radius 2 is 2.03 bits per heavy atom. The number of carbonyl (C=O) groups is 1. The van der Waals surface area contributed by atoms with E-state index in [0.29, 0.717) is 9.90 Å². The average molecular weight is 442 g/mol. The number of aromatic nitrogens is 2. The molecule has 0 unspecified atom stereocenters. The molecule has 0 saturated heterocycles. The van der Waals surface area contributed by atoms with Crippen LogP contribution >= 0.6 is 34.3 Å². The highest BCUT2D eigenvalue weighted by atomic mass is 35.5. The minimum atomic E-state index is -0.461. The molecule has 0 spiro atoms. The lowest BCUT2D eigenvalue weighted by molar-refractivity contribution is 0.0525. The zero-order valence-corrected chi connectivity index (χ0v) is 17.7. The largest absolute Gasteiger partial charge is 0.375 e. The minimum absolute atomic E-state index is 0.461. The summed E-state index contributed by atoms with van der Waals surface area (Å²) in [6, 6.07) is 11.1. The number of oxime groups is 1. The van der Waals surface area contributed by atoms with E-state index in [-0.39, 0.29) is 0 Å². The number of aryl methyl sites for hydroxylation is 2. The summed E-state index contributed by atoms with van der Waals surface area (Å²) >= 11 is 9.11. The van der Waals surface area contributed by atoms with Crippen LogP contribution in [0.2, 0.25) is 5.02 Å². The van der Waals surface area contributed by atoms with Crippen molar-refractivity contribution >= 4 is 51.4 Å². The van der Waals surface area contributed by atoms with Crippen molar-refractivity contribution in [3.05, 3.63) is 67.9 Å². The maximum atomic E-state index is 12.1. The topological polar surface area (TPSA) is 56.0 Å². The van der Waals surface area contributed by atoms with Crippen LogP contribution in [0.3, 0.4) is 0 Å². The van der Waals surface area contributed by atoms with Crippen molar-refractivity contribution in [2.75, 3.05) is 0 Å². The third kappa shape index (κ3) is 3.50. The molecular weight excluding hydrogens is 426 g/mol. The summed E-state index contributed by atoms with van der Waals surface area (Å²) in [5.41, 5.74) is 3.86. The third-order valence-corrected chi connectivity index (χ3v) is 7.15. The molecule has 0 aliphatic heterocycles. The van der Waals surface area contributed by atoms with Crippen LogP contribution in [0.5, 0.6) is 0 Å². The summed E-state index contributed by atoms with van der Waals surface area (Å²) in [5.74, 6) is -0.461. The Bertz CT molecular complexity index is 1210. The van der Waals surface area contributed by atoms with Crippen LogP contribution in [-0.4, -0.2) is 21.6 Å². The molecule has 8 heteroatoms. The van der Waals surface area contributed by atoms with Crippen LogP contribution in [0.4, 0.5) is 0 Å². The van der Waals surface area contributed by atoms with Gasteiger partial charge in [0.05, 0.1) is 17.6 Å². The second kappa shape index (κ2) is 7.74. The first-order valence-electron chi connectivity index (χ1n) is 9.28. The Morgan fingerprint density at radius 3 is 2.83 bits per heavy atom. The van der Waals surface area contributed by atoms with Crippen molar-refractivity contribution in [2.45, 2.75) is 25.7 Å². The number of rotatable bonds is 4. The van der Waals surface area contributed by atoms with Crippen molar-refractivity contribution in [2.24, 2.45) is 5.16 Å². The highest BCUT2D eigenvalue weighted by Crippen LogP contribution is 2.34. The molecule has 0 amide bonds. The quantitative estimate of drug-likeness (QED) is 0.227. The highest BCUT2D eigenvalue weighted by Gasteiger charge is 2.22. The lowest BCUT2D eigenvalue weighted by Crippen LogP contribution is -2.05. The van der Waals surface area contributed by atoms with Crippen LogP contribution in [0.1, 0.15) is 38.8 Å². The van der Waals surface area contributed by atoms with Gasteiger partial charge in [0, 0.05) is 21.2 Å². The number of nitrogens with zero attached hydrogens (tertiary/aromatic N) is 3. The van der Waals surface area contributed by atoms with E-state index in [1.54, 1.807) is 23.6 Å². The van der Waals surface area contributed by atoms with Gasteiger partial charge in [-0.3, -0.25) is 4.40 Å². The van der Waals surface area contributed by atoms with E-state index in [9.17, 15) is 4.79 Å². The zero-order chi connectivity index (χ0) is 19.8. The normalized spacial score (nSPS) is 13.8. The number of imidazole rings is 1. The lowest BCUT2D eigenvalue weighted by atomic mass is 10.0. The molecular formula is C21H16ClN3O2S2. The molecule has 1 aliphatic carbocycles. The van der Waals surface area contributed by atoms with Crippen LogP contribution in [0, 0.1) is 0 Å². The summed E-state index contributed by atoms with van der Waals surface area (Å²) in [5, 5.41) is 6.51. The maximum Gasteiger partial charge on any atom is 0.375 e. The highest BCUT2D eigenvalue weighted by molar-refractivity contribution is 7.17. The molecule has 4 aromatic rings. The van der Waals surface area contributed by atoms with Crippen molar-refractivity contribution in [3.8, 4) is 11.3 Å². The van der Waals surface area contributed by atoms with Gasteiger partial charge in [-0.05, 0) is 49.3 Å². The van der Waals surface area contributed by atoms with Gasteiger partial charge in [-0.15, -0.1) is 22.7 Å². The molecule has 0 radical (unpaired) electrons. The average Bonchev–Trinajstić information content (AvgIpc) is 3.45. The second-order valence-corrected chi connectivity index (χ2v) is 9.19. The summed E-state index contributed by atoms with van der Waals surface area (Å²) in [4.78, 5) is 24.9. The van der Waals surface area contributed by atoms with E-state index in [2.05, 4.69) is 9.56 Å². The van der Waals surface area contributed by atoms with Crippen molar-refractivity contribution in [1.29, 1.82) is 0 Å². The molecule has 1 aromatic carbocycles. The van der Waals surface area contributed by atoms with Crippen LogP contribution in [-0.2, 0) is 17.7 Å². The number of thiazole rings is 1. The van der Waals surface area contributed by atoms with Crippen molar-refractivity contribution in [3.63, 3.8) is 0 Å². The molecule has 5 nitrogen and oxygen atoms in total. The number of fused-ring (bicyclic) bond motifs is 3. The molecule has 3 heterocycles. The summed E-state index contributed by atoms with van der Waals surface area (Å²) in [6.45, 7) is 0. The maximum absolute atomic E-state index is 12.1. The van der Waals surface area contributed by atoms with Gasteiger partial charge in [0.25, 0.3) is 0 Å². The third-order valence-electron chi connectivity index (χ3n) is 4.91. The van der Waals surface area contributed by atoms with Gasteiger partial charge in [-0.2, -0.15) is 0 Å². The Kier molecular flexibility index (Phi) is 4.95. The van der Waals surface area contributed by atoms with Gasteiger partial charge < -0.3 is 4.84 Å². The van der Waals surface area contributed by atoms with Crippen molar-refractivity contribution < 1.29 is 9.63 Å². The van der Waals surface area contributed by atoms with Gasteiger partial charge in [-0.25, -0.2) is 9.78 Å². The molecule has 146 valence electrons. The molecule has 0 N–H and O–H groups in total. The first-order chi connectivity index (χ1) is 14.2. The van der Waals surface area contributed by atoms with E-state index < -0.39 is 5.97 Å². The Balaban J connectivity index is 1.57. The van der Waals surface area contributed by atoms with Gasteiger partial charge in [-0.1, -0.05) is 35.0 Å². The summed E-state index contributed by atoms with van der Waals surface area (Å²) < 4.78 is 2.16. The summed E-state index contributed by atoms with van der Waals surface area (Å²) in [6.07, 6.45) is 6.07. The number of benzene rings is 1. The molecule has 0 saturated carbocycles. The van der Waals surface area contributed by atoms with E-state index >= 15 is 0 Å². The molecule has 0 fully saturated rings. The van der Waals surface area contributed by atoms with Gasteiger partial charge in [0.15, 0.2) is 4.96 Å². The Morgan fingerprint density at radius 1 is 1.21 bits per heavy atom. The number of hydrogen-bond donors (Lipinski definition) is 0. The Hall–Kier alpha value is -2.48.